The summed E-state index contributed by atoms with van der Waals surface area (Å²) in [6.07, 6.45) is 7.47. The second kappa shape index (κ2) is 6.45. The second-order valence-corrected chi connectivity index (χ2v) is 7.36. The zero-order valence-corrected chi connectivity index (χ0v) is 15.6. The minimum atomic E-state index is -0.00615. The Kier molecular flexibility index (Phi) is 3.91. The molecular weight excluding hydrogens is 354 g/mol. The topological polar surface area (TPSA) is 84.5 Å². The predicted molar refractivity (Wildman–Crippen MR) is 108 cm³/mol. The van der Waals surface area contributed by atoms with Gasteiger partial charge in [-0.3, -0.25) is 4.79 Å². The molecule has 0 unspecified atom stereocenters. The minimum absolute atomic E-state index is 0.00615. The smallest absolute Gasteiger partial charge is 0.260 e. The summed E-state index contributed by atoms with van der Waals surface area (Å²) >= 11 is 0. The molecule has 0 aromatic carbocycles. The second-order valence-electron chi connectivity index (χ2n) is 7.36. The highest BCUT2D eigenvalue weighted by atomic mass is 16.3. The maximum atomic E-state index is 13.0. The van der Waals surface area contributed by atoms with Gasteiger partial charge in [0.25, 0.3) is 5.56 Å². The van der Waals surface area contributed by atoms with Gasteiger partial charge < -0.3 is 19.4 Å². The quantitative estimate of drug-likeness (QED) is 0.563. The van der Waals surface area contributed by atoms with Gasteiger partial charge in [0.1, 0.15) is 11.4 Å². The zero-order valence-electron chi connectivity index (χ0n) is 15.6. The van der Waals surface area contributed by atoms with Crippen molar-refractivity contribution in [2.45, 2.75) is 25.8 Å². The lowest BCUT2D eigenvalue weighted by Crippen LogP contribution is -2.34. The van der Waals surface area contributed by atoms with Gasteiger partial charge in [-0.1, -0.05) is 0 Å². The molecule has 0 aliphatic carbocycles. The molecule has 2 N–H and O–H groups in total. The lowest BCUT2D eigenvalue weighted by atomic mass is 10.1. The highest BCUT2D eigenvalue weighted by Gasteiger charge is 2.18. The van der Waals surface area contributed by atoms with E-state index in [4.69, 9.17) is 0 Å². The van der Waals surface area contributed by atoms with Crippen molar-refractivity contribution in [3.63, 3.8) is 0 Å². The van der Waals surface area contributed by atoms with E-state index in [1.54, 1.807) is 18.2 Å². The average Bonchev–Trinajstić information content (AvgIpc) is 3.07. The number of nitrogens with zero attached hydrogens (tertiary/aromatic N) is 4. The fourth-order valence-corrected chi connectivity index (χ4v) is 4.01. The lowest BCUT2D eigenvalue weighted by Gasteiger charge is -2.24. The molecule has 1 fully saturated rings. The van der Waals surface area contributed by atoms with Gasteiger partial charge in [0.15, 0.2) is 0 Å². The third-order valence-corrected chi connectivity index (χ3v) is 5.45. The maximum Gasteiger partial charge on any atom is 0.260 e. The Bertz CT molecular complexity index is 1250. The zero-order chi connectivity index (χ0) is 19.3. The molecule has 0 radical (unpaired) electrons. The van der Waals surface area contributed by atoms with Crippen LogP contribution in [0.4, 0.5) is 0 Å². The van der Waals surface area contributed by atoms with E-state index < -0.39 is 0 Å². The van der Waals surface area contributed by atoms with Crippen molar-refractivity contribution in [3.05, 3.63) is 58.9 Å². The first kappa shape index (κ1) is 16.9. The summed E-state index contributed by atoms with van der Waals surface area (Å²) in [6.45, 7) is 3.77. The van der Waals surface area contributed by atoms with Gasteiger partial charge in [-0.15, -0.1) is 0 Å². The van der Waals surface area contributed by atoms with Gasteiger partial charge in [-0.05, 0) is 51.1 Å². The summed E-state index contributed by atoms with van der Waals surface area (Å²) in [5, 5.41) is 14.4. The fourth-order valence-electron chi connectivity index (χ4n) is 4.01. The van der Waals surface area contributed by atoms with E-state index in [2.05, 4.69) is 15.3 Å². The summed E-state index contributed by atoms with van der Waals surface area (Å²) < 4.78 is 3.70. The summed E-state index contributed by atoms with van der Waals surface area (Å²) in [6, 6.07) is 7.35. The molecule has 0 amide bonds. The SMILES string of the molecule is Cc1cn2cc(-c3ccc4c(=O)n(C5CCNCC5)ccc4n3)c(O)cc2n1. The summed E-state index contributed by atoms with van der Waals surface area (Å²) in [4.78, 5) is 22.0. The van der Waals surface area contributed by atoms with Gasteiger partial charge in [-0.2, -0.15) is 0 Å². The third kappa shape index (κ3) is 2.75. The molecule has 0 saturated carbocycles. The van der Waals surface area contributed by atoms with Crippen molar-refractivity contribution < 1.29 is 5.11 Å². The number of aromatic nitrogens is 4. The Labute approximate surface area is 161 Å². The van der Waals surface area contributed by atoms with Crippen molar-refractivity contribution in [2.75, 3.05) is 13.1 Å². The molecule has 1 aliphatic rings. The Hall–Kier alpha value is -3.19. The summed E-state index contributed by atoms with van der Waals surface area (Å²) in [5.41, 5.74) is 3.42. The number of nitrogens with one attached hydrogen (secondary N) is 1. The van der Waals surface area contributed by atoms with E-state index >= 15 is 0 Å². The van der Waals surface area contributed by atoms with Crippen LogP contribution in [0.15, 0.2) is 47.7 Å². The normalized spacial score (nSPS) is 15.5. The monoisotopic (exact) mass is 375 g/mol. The first-order valence-electron chi connectivity index (χ1n) is 9.51. The molecular formula is C21H21N5O2. The molecule has 5 rings (SSSR count). The van der Waals surface area contributed by atoms with E-state index in [9.17, 15) is 9.90 Å². The van der Waals surface area contributed by atoms with Crippen LogP contribution < -0.4 is 10.9 Å². The van der Waals surface area contributed by atoms with E-state index in [0.717, 1.165) is 31.6 Å². The van der Waals surface area contributed by atoms with Crippen LogP contribution in [0.2, 0.25) is 0 Å². The Morgan fingerprint density at radius 2 is 1.96 bits per heavy atom. The Balaban J connectivity index is 1.60. The number of hydrogen-bond donors (Lipinski definition) is 2. The molecule has 4 aromatic heterocycles. The molecule has 7 nitrogen and oxygen atoms in total. The highest BCUT2D eigenvalue weighted by molar-refractivity contribution is 5.81. The van der Waals surface area contributed by atoms with Crippen LogP contribution >= 0.6 is 0 Å². The van der Waals surface area contributed by atoms with E-state index in [1.807, 2.05) is 40.5 Å². The summed E-state index contributed by atoms with van der Waals surface area (Å²) in [7, 11) is 0. The van der Waals surface area contributed by atoms with E-state index in [-0.39, 0.29) is 17.4 Å². The van der Waals surface area contributed by atoms with Crippen LogP contribution in [-0.2, 0) is 0 Å². The maximum absolute atomic E-state index is 13.0. The van der Waals surface area contributed by atoms with Crippen molar-refractivity contribution in [2.24, 2.45) is 0 Å². The van der Waals surface area contributed by atoms with Gasteiger partial charge >= 0.3 is 0 Å². The van der Waals surface area contributed by atoms with Crippen molar-refractivity contribution in [1.82, 2.24) is 24.3 Å². The van der Waals surface area contributed by atoms with E-state index in [0.29, 0.717) is 27.8 Å². The van der Waals surface area contributed by atoms with Crippen LogP contribution in [0.25, 0.3) is 27.8 Å². The molecule has 28 heavy (non-hydrogen) atoms. The van der Waals surface area contributed by atoms with Gasteiger partial charge in [0, 0.05) is 30.7 Å². The lowest BCUT2D eigenvalue weighted by molar-refractivity contribution is 0.362. The van der Waals surface area contributed by atoms with Crippen LogP contribution in [-0.4, -0.2) is 37.1 Å². The number of rotatable bonds is 2. The Morgan fingerprint density at radius 1 is 1.14 bits per heavy atom. The van der Waals surface area contributed by atoms with Crippen LogP contribution in [0, 0.1) is 6.92 Å². The molecule has 7 heteroatoms. The molecule has 142 valence electrons. The number of hydrogen-bond acceptors (Lipinski definition) is 5. The predicted octanol–water partition coefficient (Wildman–Crippen LogP) is 2.65. The molecule has 1 saturated heterocycles. The van der Waals surface area contributed by atoms with Crippen LogP contribution in [0.3, 0.4) is 0 Å². The minimum Gasteiger partial charge on any atom is -0.507 e. The van der Waals surface area contributed by atoms with Crippen molar-refractivity contribution in [3.8, 4) is 17.0 Å². The standard InChI is InChI=1S/C21H21N5O2/c1-13-11-25-12-16(19(27)10-20(25)23-13)17-3-2-15-18(24-17)6-9-26(21(15)28)14-4-7-22-8-5-14/h2-3,6,9-12,14,22,27H,4-5,7-8H2,1H3. The van der Waals surface area contributed by atoms with Crippen molar-refractivity contribution in [1.29, 1.82) is 0 Å². The van der Waals surface area contributed by atoms with Gasteiger partial charge in [0.05, 0.1) is 27.9 Å². The first-order valence-corrected chi connectivity index (χ1v) is 9.51. The highest BCUT2D eigenvalue weighted by Crippen LogP contribution is 2.30. The summed E-state index contributed by atoms with van der Waals surface area (Å²) in [5.74, 6) is 0.119. The van der Waals surface area contributed by atoms with Crippen LogP contribution in [0.5, 0.6) is 5.75 Å². The fraction of sp³-hybridized carbons (Fsp3) is 0.286. The molecule has 1 aliphatic heterocycles. The molecule has 0 bridgehead atoms. The largest absolute Gasteiger partial charge is 0.507 e. The molecule has 0 atom stereocenters. The third-order valence-electron chi connectivity index (χ3n) is 5.45. The van der Waals surface area contributed by atoms with E-state index in [1.165, 1.54) is 0 Å². The molecule has 4 aromatic rings. The number of pyridine rings is 3. The van der Waals surface area contributed by atoms with Crippen LogP contribution in [0.1, 0.15) is 24.6 Å². The number of aryl methyl sites for hydroxylation is 1. The average molecular weight is 375 g/mol. The van der Waals surface area contributed by atoms with Crippen molar-refractivity contribution >= 4 is 16.6 Å². The number of piperidine rings is 1. The number of aromatic hydroxyl groups is 1. The molecule has 5 heterocycles. The Morgan fingerprint density at radius 3 is 2.79 bits per heavy atom. The first-order chi connectivity index (χ1) is 13.6. The van der Waals surface area contributed by atoms with Gasteiger partial charge in [0.2, 0.25) is 0 Å². The number of imidazole rings is 1. The molecule has 0 spiro atoms. The number of fused-ring (bicyclic) bond motifs is 2. The van der Waals surface area contributed by atoms with Gasteiger partial charge in [-0.25, -0.2) is 9.97 Å².